The highest BCUT2D eigenvalue weighted by molar-refractivity contribution is 6.30. The number of halogens is 1. The Morgan fingerprint density at radius 3 is 2.16 bits per heavy atom. The van der Waals surface area contributed by atoms with E-state index in [1.807, 2.05) is 10.6 Å². The first kappa shape index (κ1) is 27.8. The Balaban J connectivity index is 1.90. The van der Waals surface area contributed by atoms with E-state index in [9.17, 15) is 55.9 Å². The van der Waals surface area contributed by atoms with Crippen LogP contribution in [0, 0.1) is 0 Å². The Morgan fingerprint density at radius 2 is 1.54 bits per heavy atom. The summed E-state index contributed by atoms with van der Waals surface area (Å²) >= 11 is 5.81. The molecule has 0 heterocycles. The van der Waals surface area contributed by atoms with Crippen LogP contribution in [0.3, 0.4) is 0 Å². The van der Waals surface area contributed by atoms with Gasteiger partial charge in [-0.1, -0.05) is 35.9 Å². The number of hydrogen-bond donors (Lipinski definition) is 12. The summed E-state index contributed by atoms with van der Waals surface area (Å²) < 4.78 is 0. The summed E-state index contributed by atoms with van der Waals surface area (Å²) in [5.41, 5.74) is -1.90. The van der Waals surface area contributed by atoms with Gasteiger partial charge in [-0.05, 0) is 35.4 Å². The summed E-state index contributed by atoms with van der Waals surface area (Å²) in [4.78, 5) is 11.3. The number of phenolic OH excluding ortho intramolecular Hbond substituents is 4. The molecule has 198 valence electrons. The number of benzene rings is 3. The second-order valence-corrected chi connectivity index (χ2v) is 8.45. The van der Waals surface area contributed by atoms with Crippen molar-refractivity contribution < 1.29 is 55.9 Å². The molecule has 12 N–H and O–H groups in total. The van der Waals surface area contributed by atoms with E-state index in [0.29, 0.717) is 0 Å². The van der Waals surface area contributed by atoms with Gasteiger partial charge in [-0.3, -0.25) is 5.32 Å². The van der Waals surface area contributed by atoms with Gasteiger partial charge in [-0.2, -0.15) is 0 Å². The van der Waals surface area contributed by atoms with E-state index in [4.69, 9.17) is 11.6 Å². The number of aliphatic hydroxyl groups excluding tert-OH is 1. The number of carboxylic acids is 1. The van der Waals surface area contributed by atoms with E-state index in [1.54, 1.807) is 0 Å². The van der Waals surface area contributed by atoms with Crippen LogP contribution in [0.4, 0.5) is 5.69 Å². The van der Waals surface area contributed by atoms with E-state index in [2.05, 4.69) is 0 Å². The number of aromatic carboxylic acids is 1. The van der Waals surface area contributed by atoms with Crippen molar-refractivity contribution in [3.8, 4) is 34.1 Å². The molecule has 0 saturated heterocycles. The normalized spacial score (nSPS) is 12.8. The van der Waals surface area contributed by atoms with Crippen LogP contribution in [-0.4, -0.2) is 75.4 Å². The minimum atomic E-state index is -3.19. The van der Waals surface area contributed by atoms with Gasteiger partial charge in [0.1, 0.15) is 11.8 Å². The van der Waals surface area contributed by atoms with Crippen LogP contribution in [0.5, 0.6) is 23.0 Å². The highest BCUT2D eigenvalue weighted by atomic mass is 35.5. The lowest BCUT2D eigenvalue weighted by molar-refractivity contribution is -0.260. The largest absolute Gasteiger partial charge is 0.505 e. The number of carbonyl (C=O) groups is 1. The van der Waals surface area contributed by atoms with Crippen LogP contribution >= 0.6 is 11.6 Å². The number of carboxylic acid groups (broad SMARTS) is 1. The molecule has 0 spiro atoms. The molecule has 3 aromatic rings. The number of hydrogen-bond acceptors (Lipinski definition) is 12. The second kappa shape index (κ2) is 10.3. The number of aliphatic hydroxyl groups is 5. The Morgan fingerprint density at radius 1 is 0.892 bits per heavy atom. The monoisotopic (exact) mass is 538 g/mol. The van der Waals surface area contributed by atoms with Crippen molar-refractivity contribution in [1.82, 2.24) is 5.32 Å². The zero-order valence-electron chi connectivity index (χ0n) is 18.7. The first-order chi connectivity index (χ1) is 17.1. The van der Waals surface area contributed by atoms with Gasteiger partial charge >= 0.3 is 5.97 Å². The number of anilines is 1. The minimum absolute atomic E-state index is 0.0357. The van der Waals surface area contributed by atoms with Crippen molar-refractivity contribution in [2.75, 3.05) is 11.9 Å². The number of aromatic hydroxyl groups is 4. The number of nitrogens with one attached hydrogen (secondary N) is 2. The molecule has 1 unspecified atom stereocenters. The molecule has 0 bridgehead atoms. The summed E-state index contributed by atoms with van der Waals surface area (Å²) in [6.45, 7) is -1.16. The third-order valence-electron chi connectivity index (χ3n) is 5.26. The Labute approximate surface area is 213 Å². The molecular formula is C23H23ClN2O11. The lowest BCUT2D eigenvalue weighted by Crippen LogP contribution is -2.57. The molecule has 3 rings (SSSR count). The van der Waals surface area contributed by atoms with Gasteiger partial charge in [0.2, 0.25) is 5.75 Å². The summed E-state index contributed by atoms with van der Waals surface area (Å²) in [5, 5.41) is 106. The second-order valence-electron chi connectivity index (χ2n) is 8.01. The van der Waals surface area contributed by atoms with Crippen LogP contribution < -0.4 is 10.6 Å². The molecule has 0 aliphatic rings. The average Bonchev–Trinajstić information content (AvgIpc) is 2.84. The fraction of sp³-hybridized carbons (Fsp3) is 0.174. The standard InChI is InChI=1S/C23H23ClN2O11/c24-13-6-2-4-11(8-13)20(31)23(36,37)25-9-22(34,35)26-15-16(27)14(17(28)19(30)18(15)29)10-3-1-5-12(7-10)21(32)33/h1-8,20,25-31,34-37H,9H2,(H,32,33). The Bertz CT molecular complexity index is 1330. The van der Waals surface area contributed by atoms with Gasteiger partial charge in [0, 0.05) is 5.02 Å². The lowest BCUT2D eigenvalue weighted by atomic mass is 9.99. The molecule has 37 heavy (non-hydrogen) atoms. The lowest BCUT2D eigenvalue weighted by Gasteiger charge is -2.33. The maximum Gasteiger partial charge on any atom is 0.335 e. The fourth-order valence-electron chi connectivity index (χ4n) is 3.40. The number of phenols is 4. The van der Waals surface area contributed by atoms with Gasteiger partial charge in [-0.25, -0.2) is 4.79 Å². The van der Waals surface area contributed by atoms with E-state index in [-0.39, 0.29) is 21.7 Å². The SMILES string of the molecule is O=C(O)c1cccc(-c2c(O)c(O)c(O)c(NC(O)(O)CNC(O)(O)C(O)c3cccc(Cl)c3)c2O)c1. The van der Waals surface area contributed by atoms with E-state index < -0.39 is 64.7 Å². The van der Waals surface area contributed by atoms with Gasteiger partial charge in [-0.15, -0.1) is 0 Å². The molecule has 1 atom stereocenters. The molecule has 0 aliphatic carbocycles. The highest BCUT2D eigenvalue weighted by Crippen LogP contribution is 2.54. The van der Waals surface area contributed by atoms with Crippen molar-refractivity contribution >= 4 is 23.3 Å². The minimum Gasteiger partial charge on any atom is -0.505 e. The summed E-state index contributed by atoms with van der Waals surface area (Å²) in [6.07, 6.45) is -2.02. The van der Waals surface area contributed by atoms with E-state index >= 15 is 0 Å². The molecule has 0 saturated carbocycles. The van der Waals surface area contributed by atoms with Crippen LogP contribution in [0.1, 0.15) is 22.0 Å². The molecule has 3 aromatic carbocycles. The predicted molar refractivity (Wildman–Crippen MR) is 128 cm³/mol. The molecule has 0 aromatic heterocycles. The highest BCUT2D eigenvalue weighted by Gasteiger charge is 2.38. The Kier molecular flexibility index (Phi) is 7.71. The van der Waals surface area contributed by atoms with Crippen LogP contribution in [-0.2, 0) is 0 Å². The maximum atomic E-state index is 11.3. The molecule has 0 radical (unpaired) electrons. The van der Waals surface area contributed by atoms with Gasteiger partial charge in [0.15, 0.2) is 17.2 Å². The van der Waals surface area contributed by atoms with Crippen LogP contribution in [0.25, 0.3) is 11.1 Å². The topological polar surface area (TPSA) is 243 Å². The molecule has 0 aliphatic heterocycles. The third-order valence-corrected chi connectivity index (χ3v) is 5.50. The molecule has 14 heteroatoms. The zero-order valence-corrected chi connectivity index (χ0v) is 19.4. The average molecular weight is 539 g/mol. The number of rotatable bonds is 9. The van der Waals surface area contributed by atoms with Crippen molar-refractivity contribution in [3.05, 3.63) is 64.7 Å². The first-order valence-electron chi connectivity index (χ1n) is 10.3. The third kappa shape index (κ3) is 5.95. The predicted octanol–water partition coefficient (Wildman–Crippen LogP) is 0.539. The fourth-order valence-corrected chi connectivity index (χ4v) is 3.60. The van der Waals surface area contributed by atoms with Crippen LogP contribution in [0.2, 0.25) is 5.02 Å². The van der Waals surface area contributed by atoms with Crippen molar-refractivity contribution in [3.63, 3.8) is 0 Å². The van der Waals surface area contributed by atoms with Crippen molar-refractivity contribution in [1.29, 1.82) is 0 Å². The van der Waals surface area contributed by atoms with E-state index in [1.165, 1.54) is 42.5 Å². The molecule has 0 amide bonds. The smallest absolute Gasteiger partial charge is 0.335 e. The van der Waals surface area contributed by atoms with Gasteiger partial charge in [0.25, 0.3) is 11.8 Å². The summed E-state index contributed by atoms with van der Waals surface area (Å²) in [7, 11) is 0. The summed E-state index contributed by atoms with van der Waals surface area (Å²) in [6, 6.07) is 10.2. The zero-order chi connectivity index (χ0) is 27.7. The summed E-state index contributed by atoms with van der Waals surface area (Å²) in [5.74, 6) is -12.2. The maximum absolute atomic E-state index is 11.3. The molecule has 0 fully saturated rings. The van der Waals surface area contributed by atoms with E-state index in [0.717, 1.165) is 6.07 Å². The first-order valence-corrected chi connectivity index (χ1v) is 10.7. The quantitative estimate of drug-likeness (QED) is 0.101. The van der Waals surface area contributed by atoms with Gasteiger partial charge < -0.3 is 56.4 Å². The van der Waals surface area contributed by atoms with Gasteiger partial charge in [0.05, 0.1) is 17.7 Å². The Hall–Kier alpha value is -3.82. The molecule has 13 nitrogen and oxygen atoms in total. The van der Waals surface area contributed by atoms with Crippen LogP contribution in [0.15, 0.2) is 48.5 Å². The van der Waals surface area contributed by atoms with Crippen molar-refractivity contribution in [2.45, 2.75) is 17.9 Å². The van der Waals surface area contributed by atoms with Crippen molar-refractivity contribution in [2.24, 2.45) is 0 Å². The molecular weight excluding hydrogens is 516 g/mol.